The van der Waals surface area contributed by atoms with Crippen LogP contribution in [0, 0.1) is 5.92 Å². The summed E-state index contributed by atoms with van der Waals surface area (Å²) in [5.41, 5.74) is 2.94. The summed E-state index contributed by atoms with van der Waals surface area (Å²) < 4.78 is 5.35. The normalized spacial score (nSPS) is 24.6. The second kappa shape index (κ2) is 4.69. The molecule has 1 aliphatic carbocycles. The van der Waals surface area contributed by atoms with Crippen molar-refractivity contribution >= 4 is 0 Å². The second-order valence-corrected chi connectivity index (χ2v) is 5.32. The number of hydrogen-bond acceptors (Lipinski definition) is 2. The molecule has 17 heavy (non-hydrogen) atoms. The van der Waals surface area contributed by atoms with Crippen molar-refractivity contribution in [1.29, 1.82) is 0 Å². The molecule has 0 radical (unpaired) electrons. The van der Waals surface area contributed by atoms with E-state index < -0.39 is 0 Å². The topological polar surface area (TPSA) is 21.3 Å². The predicted molar refractivity (Wildman–Crippen MR) is 69.1 cm³/mol. The summed E-state index contributed by atoms with van der Waals surface area (Å²) in [7, 11) is 1.75. The third kappa shape index (κ3) is 2.06. The molecule has 2 aliphatic rings. The van der Waals surface area contributed by atoms with Crippen LogP contribution in [-0.2, 0) is 6.54 Å². The minimum absolute atomic E-state index is 0.570. The first-order chi connectivity index (χ1) is 8.38. The number of ether oxygens (including phenoxy) is 1. The minimum Gasteiger partial charge on any atom is -0.497 e. The summed E-state index contributed by atoms with van der Waals surface area (Å²) in [4.78, 5) is 0. The van der Waals surface area contributed by atoms with Crippen molar-refractivity contribution in [2.75, 3.05) is 7.11 Å². The highest BCUT2D eigenvalue weighted by molar-refractivity contribution is 5.40. The van der Waals surface area contributed by atoms with E-state index in [1.54, 1.807) is 7.11 Å². The molecule has 1 heterocycles. The van der Waals surface area contributed by atoms with Crippen LogP contribution in [0.25, 0.3) is 0 Å². The fourth-order valence-corrected chi connectivity index (χ4v) is 3.37. The van der Waals surface area contributed by atoms with E-state index >= 15 is 0 Å². The number of benzene rings is 1. The SMILES string of the molecule is COc1ccc2c(c1)C(C1CCCCC1)NC2. The number of hydrogen-bond donors (Lipinski definition) is 1. The van der Waals surface area contributed by atoms with Crippen molar-refractivity contribution < 1.29 is 4.74 Å². The van der Waals surface area contributed by atoms with E-state index in [9.17, 15) is 0 Å². The highest BCUT2D eigenvalue weighted by atomic mass is 16.5. The van der Waals surface area contributed by atoms with Gasteiger partial charge in [0.05, 0.1) is 7.11 Å². The van der Waals surface area contributed by atoms with E-state index in [0.29, 0.717) is 6.04 Å². The maximum atomic E-state index is 5.35. The molecular formula is C15H21NO. The molecule has 0 bridgehead atoms. The zero-order chi connectivity index (χ0) is 11.7. The summed E-state index contributed by atoms with van der Waals surface area (Å²) in [6.07, 6.45) is 7.00. The zero-order valence-corrected chi connectivity index (χ0v) is 10.5. The van der Waals surface area contributed by atoms with Crippen LogP contribution in [0.2, 0.25) is 0 Å². The van der Waals surface area contributed by atoms with Crippen molar-refractivity contribution in [3.63, 3.8) is 0 Å². The summed E-state index contributed by atoms with van der Waals surface area (Å²) in [6.45, 7) is 1.03. The molecule has 0 aromatic heterocycles. The zero-order valence-electron chi connectivity index (χ0n) is 10.5. The quantitative estimate of drug-likeness (QED) is 0.842. The van der Waals surface area contributed by atoms with Gasteiger partial charge in [-0.1, -0.05) is 25.3 Å². The summed E-state index contributed by atoms with van der Waals surface area (Å²) >= 11 is 0. The van der Waals surface area contributed by atoms with Crippen LogP contribution in [0.1, 0.15) is 49.3 Å². The van der Waals surface area contributed by atoms with E-state index in [1.165, 1.54) is 43.2 Å². The van der Waals surface area contributed by atoms with E-state index in [1.807, 2.05) is 0 Å². The molecule has 1 fully saturated rings. The fourth-order valence-electron chi connectivity index (χ4n) is 3.37. The van der Waals surface area contributed by atoms with Crippen molar-refractivity contribution in [1.82, 2.24) is 5.32 Å². The van der Waals surface area contributed by atoms with Crippen molar-refractivity contribution in [2.24, 2.45) is 5.92 Å². The third-order valence-electron chi connectivity index (χ3n) is 4.32. The lowest BCUT2D eigenvalue weighted by Gasteiger charge is -2.28. The molecular weight excluding hydrogens is 210 g/mol. The number of methoxy groups -OCH3 is 1. The van der Waals surface area contributed by atoms with Gasteiger partial charge in [-0.3, -0.25) is 0 Å². The molecule has 3 rings (SSSR count). The smallest absolute Gasteiger partial charge is 0.119 e. The van der Waals surface area contributed by atoms with Gasteiger partial charge in [0.1, 0.15) is 5.75 Å². The molecule has 92 valence electrons. The van der Waals surface area contributed by atoms with Gasteiger partial charge in [-0.05, 0) is 42.0 Å². The lowest BCUT2D eigenvalue weighted by Crippen LogP contribution is -2.23. The Bertz CT molecular complexity index is 396. The predicted octanol–water partition coefficient (Wildman–Crippen LogP) is 3.42. The first-order valence-corrected chi connectivity index (χ1v) is 6.78. The first-order valence-electron chi connectivity index (χ1n) is 6.78. The lowest BCUT2D eigenvalue weighted by molar-refractivity contribution is 0.282. The van der Waals surface area contributed by atoms with Crippen molar-refractivity contribution in [3.05, 3.63) is 29.3 Å². The maximum absolute atomic E-state index is 5.35. The number of fused-ring (bicyclic) bond motifs is 1. The molecule has 1 saturated carbocycles. The van der Waals surface area contributed by atoms with Crippen LogP contribution in [0.15, 0.2) is 18.2 Å². The van der Waals surface area contributed by atoms with Crippen LogP contribution in [0.4, 0.5) is 0 Å². The molecule has 1 aromatic carbocycles. The van der Waals surface area contributed by atoms with Crippen LogP contribution in [0.5, 0.6) is 5.75 Å². The Kier molecular flexibility index (Phi) is 3.06. The Balaban J connectivity index is 1.85. The van der Waals surface area contributed by atoms with E-state index in [4.69, 9.17) is 4.74 Å². The third-order valence-corrected chi connectivity index (χ3v) is 4.32. The lowest BCUT2D eigenvalue weighted by atomic mass is 9.81. The summed E-state index contributed by atoms with van der Waals surface area (Å²) in [6, 6.07) is 7.09. The van der Waals surface area contributed by atoms with Crippen molar-refractivity contribution in [2.45, 2.75) is 44.7 Å². The molecule has 1 unspecified atom stereocenters. The second-order valence-electron chi connectivity index (χ2n) is 5.32. The van der Waals surface area contributed by atoms with E-state index in [-0.39, 0.29) is 0 Å². The number of nitrogens with one attached hydrogen (secondary N) is 1. The largest absolute Gasteiger partial charge is 0.497 e. The molecule has 0 spiro atoms. The van der Waals surface area contributed by atoms with Crippen LogP contribution >= 0.6 is 0 Å². The Morgan fingerprint density at radius 3 is 2.76 bits per heavy atom. The standard InChI is InChI=1S/C15H21NO/c1-17-13-8-7-12-10-16-15(14(12)9-13)11-5-3-2-4-6-11/h7-9,11,15-16H,2-6,10H2,1H3. The molecule has 1 aromatic rings. The molecule has 1 N–H and O–H groups in total. The van der Waals surface area contributed by atoms with E-state index in [2.05, 4.69) is 23.5 Å². The molecule has 2 heteroatoms. The Morgan fingerprint density at radius 1 is 1.18 bits per heavy atom. The highest BCUT2D eigenvalue weighted by Gasteiger charge is 2.30. The molecule has 1 atom stereocenters. The Morgan fingerprint density at radius 2 is 2.00 bits per heavy atom. The van der Waals surface area contributed by atoms with Crippen LogP contribution in [0.3, 0.4) is 0 Å². The van der Waals surface area contributed by atoms with Gasteiger partial charge in [0, 0.05) is 12.6 Å². The molecule has 1 aliphatic heterocycles. The van der Waals surface area contributed by atoms with E-state index in [0.717, 1.165) is 18.2 Å². The monoisotopic (exact) mass is 231 g/mol. The van der Waals surface area contributed by atoms with Gasteiger partial charge in [-0.2, -0.15) is 0 Å². The average Bonchev–Trinajstić information content (AvgIpc) is 2.82. The highest BCUT2D eigenvalue weighted by Crippen LogP contribution is 2.39. The van der Waals surface area contributed by atoms with Gasteiger partial charge in [-0.25, -0.2) is 0 Å². The van der Waals surface area contributed by atoms with Gasteiger partial charge in [0.25, 0.3) is 0 Å². The Labute approximate surface area is 103 Å². The van der Waals surface area contributed by atoms with Gasteiger partial charge < -0.3 is 10.1 Å². The molecule has 0 amide bonds. The molecule has 0 saturated heterocycles. The van der Waals surface area contributed by atoms with Gasteiger partial charge in [0.15, 0.2) is 0 Å². The van der Waals surface area contributed by atoms with Crippen LogP contribution in [-0.4, -0.2) is 7.11 Å². The summed E-state index contributed by atoms with van der Waals surface area (Å²) in [5, 5.41) is 3.69. The average molecular weight is 231 g/mol. The van der Waals surface area contributed by atoms with Gasteiger partial charge in [0.2, 0.25) is 0 Å². The van der Waals surface area contributed by atoms with Crippen LogP contribution < -0.4 is 10.1 Å². The Hall–Kier alpha value is -1.02. The van der Waals surface area contributed by atoms with Crippen molar-refractivity contribution in [3.8, 4) is 5.75 Å². The van der Waals surface area contributed by atoms with Gasteiger partial charge in [-0.15, -0.1) is 0 Å². The minimum atomic E-state index is 0.570. The fraction of sp³-hybridized carbons (Fsp3) is 0.600. The maximum Gasteiger partial charge on any atom is 0.119 e. The first kappa shape index (κ1) is 11.1. The summed E-state index contributed by atoms with van der Waals surface area (Å²) in [5.74, 6) is 1.82. The van der Waals surface area contributed by atoms with Gasteiger partial charge >= 0.3 is 0 Å². The molecule has 2 nitrogen and oxygen atoms in total. The number of rotatable bonds is 2.